The van der Waals surface area contributed by atoms with Crippen molar-refractivity contribution in [3.8, 4) is 6.07 Å². The zero-order valence-corrected chi connectivity index (χ0v) is 11.2. The fraction of sp³-hybridized carbons (Fsp3) is 0.929. The Bertz CT molecular complexity index is 296. The molecule has 3 nitrogen and oxygen atoms in total. The molecule has 96 valence electrons. The Morgan fingerprint density at radius 1 is 1.47 bits per heavy atom. The molecule has 1 aliphatic heterocycles. The first kappa shape index (κ1) is 12.9. The summed E-state index contributed by atoms with van der Waals surface area (Å²) in [6.07, 6.45) is 6.27. The van der Waals surface area contributed by atoms with Crippen molar-refractivity contribution in [1.82, 2.24) is 10.2 Å². The summed E-state index contributed by atoms with van der Waals surface area (Å²) in [5.41, 5.74) is -0.335. The number of nitrogens with one attached hydrogen (secondary N) is 1. The monoisotopic (exact) mass is 235 g/mol. The Morgan fingerprint density at radius 2 is 2.29 bits per heavy atom. The maximum Gasteiger partial charge on any atom is 0.105 e. The van der Waals surface area contributed by atoms with Gasteiger partial charge in [-0.05, 0) is 51.5 Å². The highest BCUT2D eigenvalue weighted by Crippen LogP contribution is 2.37. The van der Waals surface area contributed by atoms with Crippen LogP contribution in [0.4, 0.5) is 0 Å². The highest BCUT2D eigenvalue weighted by molar-refractivity contribution is 5.04. The van der Waals surface area contributed by atoms with Crippen LogP contribution in [0.25, 0.3) is 0 Å². The van der Waals surface area contributed by atoms with Crippen LogP contribution in [0, 0.1) is 17.2 Å². The fourth-order valence-electron chi connectivity index (χ4n) is 3.25. The van der Waals surface area contributed by atoms with Crippen molar-refractivity contribution in [3.05, 3.63) is 0 Å². The maximum absolute atomic E-state index is 9.29. The number of nitrogens with zero attached hydrogens (tertiary/aromatic N) is 2. The number of hydrogen-bond acceptors (Lipinski definition) is 3. The first-order valence-electron chi connectivity index (χ1n) is 7.07. The van der Waals surface area contributed by atoms with E-state index in [1.807, 2.05) is 6.92 Å². The van der Waals surface area contributed by atoms with E-state index < -0.39 is 0 Å². The molecule has 2 rings (SSSR count). The van der Waals surface area contributed by atoms with Crippen LogP contribution >= 0.6 is 0 Å². The van der Waals surface area contributed by atoms with Crippen LogP contribution in [0.5, 0.6) is 0 Å². The van der Waals surface area contributed by atoms with E-state index in [4.69, 9.17) is 0 Å². The van der Waals surface area contributed by atoms with Crippen molar-refractivity contribution in [1.29, 1.82) is 5.26 Å². The van der Waals surface area contributed by atoms with Crippen molar-refractivity contribution < 1.29 is 0 Å². The van der Waals surface area contributed by atoms with Gasteiger partial charge in [-0.15, -0.1) is 0 Å². The molecule has 0 radical (unpaired) electrons. The topological polar surface area (TPSA) is 39.1 Å². The molecule has 3 atom stereocenters. The summed E-state index contributed by atoms with van der Waals surface area (Å²) in [5.74, 6) is 0.956. The van der Waals surface area contributed by atoms with E-state index in [1.165, 1.54) is 25.8 Å². The molecule has 1 aliphatic carbocycles. The molecule has 1 N–H and O–H groups in total. The third-order valence-electron chi connectivity index (χ3n) is 4.43. The Labute approximate surface area is 105 Å². The van der Waals surface area contributed by atoms with Crippen LogP contribution in [0.2, 0.25) is 0 Å². The molecular formula is C14H25N3. The zero-order valence-electron chi connectivity index (χ0n) is 11.2. The van der Waals surface area contributed by atoms with Gasteiger partial charge in [-0.25, -0.2) is 0 Å². The maximum atomic E-state index is 9.29. The van der Waals surface area contributed by atoms with E-state index in [0.717, 1.165) is 37.9 Å². The van der Waals surface area contributed by atoms with Crippen molar-refractivity contribution >= 4 is 0 Å². The van der Waals surface area contributed by atoms with Crippen molar-refractivity contribution in [2.75, 3.05) is 19.6 Å². The lowest BCUT2D eigenvalue weighted by atomic mass is 9.98. The van der Waals surface area contributed by atoms with Gasteiger partial charge in [0.15, 0.2) is 0 Å². The summed E-state index contributed by atoms with van der Waals surface area (Å²) in [4.78, 5) is 2.61. The number of likely N-dealkylation sites (tertiary alicyclic amines) is 1. The van der Waals surface area contributed by atoms with Crippen LogP contribution in [0.1, 0.15) is 46.0 Å². The van der Waals surface area contributed by atoms with Crippen LogP contribution in [0.15, 0.2) is 0 Å². The minimum Gasteiger partial charge on any atom is -0.300 e. The lowest BCUT2D eigenvalue weighted by Crippen LogP contribution is -2.45. The van der Waals surface area contributed by atoms with E-state index in [-0.39, 0.29) is 5.54 Å². The highest BCUT2D eigenvalue weighted by Gasteiger charge is 2.38. The molecule has 1 heterocycles. The number of rotatable bonds is 6. The van der Waals surface area contributed by atoms with Crippen LogP contribution in [-0.4, -0.2) is 36.1 Å². The average molecular weight is 235 g/mol. The number of fused-ring (bicyclic) bond motifs is 2. The summed E-state index contributed by atoms with van der Waals surface area (Å²) in [7, 11) is 0. The Balaban J connectivity index is 1.78. The van der Waals surface area contributed by atoms with Gasteiger partial charge in [0.05, 0.1) is 6.07 Å². The normalized spacial score (nSPS) is 31.4. The minimum atomic E-state index is -0.335. The second-order valence-corrected chi connectivity index (χ2v) is 5.95. The molecule has 2 aliphatic rings. The molecular weight excluding hydrogens is 210 g/mol. The Hall–Kier alpha value is -0.590. The van der Waals surface area contributed by atoms with Gasteiger partial charge in [0.2, 0.25) is 0 Å². The Morgan fingerprint density at radius 3 is 2.82 bits per heavy atom. The van der Waals surface area contributed by atoms with Gasteiger partial charge in [0.1, 0.15) is 5.54 Å². The second kappa shape index (κ2) is 5.37. The van der Waals surface area contributed by atoms with Gasteiger partial charge < -0.3 is 0 Å². The predicted octanol–water partition coefficient (Wildman–Crippen LogP) is 2.14. The van der Waals surface area contributed by atoms with Gasteiger partial charge in [0.25, 0.3) is 0 Å². The fourth-order valence-corrected chi connectivity index (χ4v) is 3.25. The molecule has 0 amide bonds. The minimum absolute atomic E-state index is 0.335. The summed E-state index contributed by atoms with van der Waals surface area (Å²) in [6, 6.07) is 3.27. The zero-order chi connectivity index (χ0) is 12.3. The van der Waals surface area contributed by atoms with Gasteiger partial charge in [-0.1, -0.05) is 6.92 Å². The standard InChI is InChI=1S/C14H25N3/c1-3-7-16-14(2,11-15)6-8-17-10-12-4-5-13(17)9-12/h12-13,16H,3-10H2,1-2H3. The third-order valence-corrected chi connectivity index (χ3v) is 4.43. The predicted molar refractivity (Wildman–Crippen MR) is 69.6 cm³/mol. The molecule has 2 bridgehead atoms. The smallest absolute Gasteiger partial charge is 0.105 e. The summed E-state index contributed by atoms with van der Waals surface area (Å²) in [5, 5.41) is 12.7. The lowest BCUT2D eigenvalue weighted by Gasteiger charge is -2.30. The van der Waals surface area contributed by atoms with Crippen LogP contribution in [-0.2, 0) is 0 Å². The summed E-state index contributed by atoms with van der Waals surface area (Å²) in [6.45, 7) is 7.49. The molecule has 1 saturated carbocycles. The molecule has 17 heavy (non-hydrogen) atoms. The van der Waals surface area contributed by atoms with E-state index in [0.29, 0.717) is 0 Å². The van der Waals surface area contributed by atoms with Crippen molar-refractivity contribution in [3.63, 3.8) is 0 Å². The molecule has 1 saturated heterocycles. The van der Waals surface area contributed by atoms with E-state index in [2.05, 4.69) is 23.2 Å². The first-order valence-corrected chi connectivity index (χ1v) is 7.07. The van der Waals surface area contributed by atoms with Crippen LogP contribution < -0.4 is 5.32 Å². The Kier molecular flexibility index (Phi) is 4.06. The highest BCUT2D eigenvalue weighted by atomic mass is 15.2. The summed E-state index contributed by atoms with van der Waals surface area (Å²) >= 11 is 0. The largest absolute Gasteiger partial charge is 0.300 e. The number of piperidine rings is 1. The molecule has 2 fully saturated rings. The van der Waals surface area contributed by atoms with Gasteiger partial charge >= 0.3 is 0 Å². The molecule has 0 spiro atoms. The second-order valence-electron chi connectivity index (χ2n) is 5.95. The van der Waals surface area contributed by atoms with Crippen molar-refractivity contribution in [2.24, 2.45) is 5.92 Å². The van der Waals surface area contributed by atoms with Gasteiger partial charge in [0, 0.05) is 19.1 Å². The first-order chi connectivity index (χ1) is 8.17. The SMILES string of the molecule is CCCNC(C)(C#N)CCN1CC2CCC1C2. The van der Waals surface area contributed by atoms with Gasteiger partial charge in [-0.2, -0.15) is 5.26 Å². The number of nitriles is 1. The molecule has 0 aromatic carbocycles. The molecule has 3 heteroatoms. The van der Waals surface area contributed by atoms with E-state index in [1.54, 1.807) is 0 Å². The van der Waals surface area contributed by atoms with Gasteiger partial charge in [-0.3, -0.25) is 10.2 Å². The molecule has 3 unspecified atom stereocenters. The quantitative estimate of drug-likeness (QED) is 0.766. The summed E-state index contributed by atoms with van der Waals surface area (Å²) < 4.78 is 0. The van der Waals surface area contributed by atoms with E-state index >= 15 is 0 Å². The molecule has 0 aromatic rings. The van der Waals surface area contributed by atoms with Crippen molar-refractivity contribution in [2.45, 2.75) is 57.5 Å². The molecule has 0 aromatic heterocycles. The average Bonchev–Trinajstić information content (AvgIpc) is 2.96. The van der Waals surface area contributed by atoms with Crippen LogP contribution in [0.3, 0.4) is 0 Å². The third kappa shape index (κ3) is 3.00. The van der Waals surface area contributed by atoms with E-state index in [9.17, 15) is 5.26 Å². The number of hydrogen-bond donors (Lipinski definition) is 1. The lowest BCUT2D eigenvalue weighted by molar-refractivity contribution is 0.195.